The minimum Gasteiger partial charge on any atom is -0.462 e. The number of rotatable bonds is 3. The maximum absolute atomic E-state index is 13.4. The second kappa shape index (κ2) is 8.89. The van der Waals surface area contributed by atoms with Crippen molar-refractivity contribution in [2.45, 2.75) is 46.1 Å². The molecule has 0 aromatic heterocycles. The molecule has 1 aromatic carbocycles. The summed E-state index contributed by atoms with van der Waals surface area (Å²) >= 11 is 0. The fourth-order valence-electron chi connectivity index (χ4n) is 2.23. The second-order valence-electron chi connectivity index (χ2n) is 7.19. The third-order valence-corrected chi connectivity index (χ3v) is 3.86. The van der Waals surface area contributed by atoms with E-state index in [9.17, 15) is 18.4 Å². The first kappa shape index (κ1) is 21.0. The Balaban J connectivity index is 0.000000381. The van der Waals surface area contributed by atoms with E-state index in [4.69, 9.17) is 0 Å². The summed E-state index contributed by atoms with van der Waals surface area (Å²) in [7, 11) is 0. The van der Waals surface area contributed by atoms with E-state index in [0.717, 1.165) is 25.2 Å². The van der Waals surface area contributed by atoms with Crippen molar-refractivity contribution in [3.8, 4) is 0 Å². The Hall–Kier alpha value is -2.02. The highest BCUT2D eigenvalue weighted by atomic mass is 19.1. The molecule has 5 nitrogen and oxygen atoms in total. The maximum atomic E-state index is 13.4. The SMILES string of the molecule is CC(C)(C)OC=O.CC1(C(=O)Nc2c(F)cccc2F)CCNCC1. The van der Waals surface area contributed by atoms with E-state index in [1.54, 1.807) is 0 Å². The molecule has 1 aliphatic rings. The summed E-state index contributed by atoms with van der Waals surface area (Å²) in [5.74, 6) is -1.82. The Bertz CT molecular complexity index is 574. The van der Waals surface area contributed by atoms with Gasteiger partial charge in [0, 0.05) is 5.41 Å². The van der Waals surface area contributed by atoms with Crippen LogP contribution in [0.15, 0.2) is 18.2 Å². The fourth-order valence-corrected chi connectivity index (χ4v) is 2.23. The third-order valence-electron chi connectivity index (χ3n) is 3.86. The number of ether oxygens (including phenoxy) is 1. The summed E-state index contributed by atoms with van der Waals surface area (Å²) in [4.78, 5) is 21.7. The number of amides is 1. The van der Waals surface area contributed by atoms with Gasteiger partial charge >= 0.3 is 0 Å². The minimum atomic E-state index is -0.749. The van der Waals surface area contributed by atoms with Crippen LogP contribution in [0.1, 0.15) is 40.5 Å². The topological polar surface area (TPSA) is 67.4 Å². The van der Waals surface area contributed by atoms with E-state index in [1.807, 2.05) is 27.7 Å². The number of halogens is 2. The predicted molar refractivity (Wildman–Crippen MR) is 92.1 cm³/mol. The number of piperidine rings is 1. The number of carbonyl (C=O) groups is 2. The zero-order chi connectivity index (χ0) is 19.1. The minimum absolute atomic E-state index is 0.318. The number of hydrogen-bond donors (Lipinski definition) is 2. The lowest BCUT2D eigenvalue weighted by Gasteiger charge is -2.32. The van der Waals surface area contributed by atoms with Gasteiger partial charge in [0.1, 0.15) is 22.9 Å². The highest BCUT2D eigenvalue weighted by Crippen LogP contribution is 2.30. The first-order valence-electron chi connectivity index (χ1n) is 8.17. The summed E-state index contributed by atoms with van der Waals surface area (Å²) in [5, 5.41) is 5.53. The molecular formula is C18H26F2N2O3. The first-order valence-corrected chi connectivity index (χ1v) is 8.17. The number of carbonyl (C=O) groups excluding carboxylic acids is 2. The molecule has 0 aliphatic carbocycles. The molecule has 0 bridgehead atoms. The molecule has 1 fully saturated rings. The van der Waals surface area contributed by atoms with Crippen molar-refractivity contribution in [2.24, 2.45) is 5.41 Å². The van der Waals surface area contributed by atoms with Gasteiger partial charge in [-0.15, -0.1) is 0 Å². The number of nitrogens with one attached hydrogen (secondary N) is 2. The van der Waals surface area contributed by atoms with Crippen LogP contribution in [-0.2, 0) is 14.3 Å². The molecule has 2 rings (SSSR count). The zero-order valence-corrected chi connectivity index (χ0v) is 15.1. The van der Waals surface area contributed by atoms with Crippen LogP contribution in [0.2, 0.25) is 0 Å². The Morgan fingerprint density at radius 1 is 1.24 bits per heavy atom. The predicted octanol–water partition coefficient (Wildman–Crippen LogP) is 3.25. The van der Waals surface area contributed by atoms with Gasteiger partial charge in [-0.3, -0.25) is 9.59 Å². The lowest BCUT2D eigenvalue weighted by Crippen LogP contribution is -2.43. The lowest BCUT2D eigenvalue weighted by molar-refractivity contribution is -0.138. The normalized spacial score (nSPS) is 16.2. The lowest BCUT2D eigenvalue weighted by atomic mass is 9.80. The molecule has 0 unspecified atom stereocenters. The fraction of sp³-hybridized carbons (Fsp3) is 0.556. The summed E-state index contributed by atoms with van der Waals surface area (Å²) in [6.45, 7) is 9.22. The number of para-hydroxylation sites is 1. The molecule has 1 saturated heterocycles. The molecule has 0 radical (unpaired) electrons. The molecule has 140 valence electrons. The second-order valence-corrected chi connectivity index (χ2v) is 7.19. The molecule has 25 heavy (non-hydrogen) atoms. The number of anilines is 1. The van der Waals surface area contributed by atoms with Gasteiger partial charge in [-0.25, -0.2) is 8.78 Å². The smallest absolute Gasteiger partial charge is 0.293 e. The monoisotopic (exact) mass is 356 g/mol. The Labute approximate surface area is 147 Å². The van der Waals surface area contributed by atoms with E-state index in [-0.39, 0.29) is 17.2 Å². The molecular weight excluding hydrogens is 330 g/mol. The maximum Gasteiger partial charge on any atom is 0.293 e. The van der Waals surface area contributed by atoms with Crippen LogP contribution in [0.3, 0.4) is 0 Å². The van der Waals surface area contributed by atoms with Crippen LogP contribution >= 0.6 is 0 Å². The van der Waals surface area contributed by atoms with Gasteiger partial charge in [-0.05, 0) is 58.8 Å². The van der Waals surface area contributed by atoms with Crippen LogP contribution in [0.5, 0.6) is 0 Å². The summed E-state index contributed by atoms with van der Waals surface area (Å²) in [6, 6.07) is 3.53. The van der Waals surface area contributed by atoms with Gasteiger partial charge in [-0.1, -0.05) is 13.0 Å². The van der Waals surface area contributed by atoms with E-state index in [0.29, 0.717) is 19.3 Å². The Kier molecular flexibility index (Phi) is 7.48. The standard InChI is InChI=1S/C13H16F2N2O.C5H10O2/c1-13(5-7-16-8-6-13)12(18)17-11-9(14)3-2-4-10(11)15;1-5(2,3)7-4-6/h2-4,16H,5-8H2,1H3,(H,17,18);4H,1-3H3. The zero-order valence-electron chi connectivity index (χ0n) is 15.1. The van der Waals surface area contributed by atoms with Crippen molar-refractivity contribution < 1.29 is 23.1 Å². The van der Waals surface area contributed by atoms with Crippen molar-refractivity contribution in [2.75, 3.05) is 18.4 Å². The van der Waals surface area contributed by atoms with Crippen LogP contribution < -0.4 is 10.6 Å². The van der Waals surface area contributed by atoms with Crippen molar-refractivity contribution in [3.05, 3.63) is 29.8 Å². The first-order chi connectivity index (χ1) is 11.6. The molecule has 2 N–H and O–H groups in total. The molecule has 7 heteroatoms. The van der Waals surface area contributed by atoms with Crippen LogP contribution in [-0.4, -0.2) is 31.1 Å². The van der Waals surface area contributed by atoms with Crippen LogP contribution in [0.25, 0.3) is 0 Å². The van der Waals surface area contributed by atoms with Crippen molar-refractivity contribution in [1.82, 2.24) is 5.32 Å². The highest BCUT2D eigenvalue weighted by Gasteiger charge is 2.35. The van der Waals surface area contributed by atoms with Crippen molar-refractivity contribution in [1.29, 1.82) is 0 Å². The summed E-state index contributed by atoms with van der Waals surface area (Å²) < 4.78 is 31.4. The Morgan fingerprint density at radius 3 is 2.16 bits per heavy atom. The Morgan fingerprint density at radius 2 is 1.76 bits per heavy atom. The largest absolute Gasteiger partial charge is 0.462 e. The van der Waals surface area contributed by atoms with Gasteiger partial charge in [0.25, 0.3) is 6.47 Å². The average molecular weight is 356 g/mol. The van der Waals surface area contributed by atoms with Crippen LogP contribution in [0, 0.1) is 17.0 Å². The van der Waals surface area contributed by atoms with Gasteiger partial charge in [0.2, 0.25) is 5.91 Å². The van der Waals surface area contributed by atoms with E-state index in [1.165, 1.54) is 6.07 Å². The number of benzene rings is 1. The molecule has 0 atom stereocenters. The molecule has 1 heterocycles. The quantitative estimate of drug-likeness (QED) is 0.816. The van der Waals surface area contributed by atoms with Gasteiger partial charge in [-0.2, -0.15) is 0 Å². The summed E-state index contributed by atoms with van der Waals surface area (Å²) in [5.41, 5.74) is -1.25. The molecule has 1 aromatic rings. The van der Waals surface area contributed by atoms with Crippen molar-refractivity contribution in [3.63, 3.8) is 0 Å². The average Bonchev–Trinajstić information content (AvgIpc) is 2.51. The number of hydrogen-bond acceptors (Lipinski definition) is 4. The van der Waals surface area contributed by atoms with E-state index in [2.05, 4.69) is 15.4 Å². The van der Waals surface area contributed by atoms with Gasteiger partial charge in [0.15, 0.2) is 0 Å². The molecule has 0 spiro atoms. The molecule has 0 saturated carbocycles. The van der Waals surface area contributed by atoms with Crippen LogP contribution in [0.4, 0.5) is 14.5 Å². The van der Waals surface area contributed by atoms with E-state index < -0.39 is 17.0 Å². The molecule has 1 amide bonds. The molecule has 1 aliphatic heterocycles. The summed E-state index contributed by atoms with van der Waals surface area (Å²) in [6.07, 6.45) is 1.32. The third kappa shape index (κ3) is 6.78. The van der Waals surface area contributed by atoms with Gasteiger partial charge in [0.05, 0.1) is 0 Å². The van der Waals surface area contributed by atoms with E-state index >= 15 is 0 Å². The highest BCUT2D eigenvalue weighted by molar-refractivity contribution is 5.95. The van der Waals surface area contributed by atoms with Crippen molar-refractivity contribution >= 4 is 18.1 Å². The van der Waals surface area contributed by atoms with Gasteiger partial charge < -0.3 is 15.4 Å².